The fourth-order valence-electron chi connectivity index (χ4n) is 11.1. The SMILES string of the molecule is CCCCCCCC/C=C\CCCCCCCC(=O)OCCCCCCCCCCCCCC/C=C\CCCCCCCCCCCCC(=O)NC(CO)C(O)CCCCCCCCCCCCCCCCCCCCC. The topological polar surface area (TPSA) is 95.9 Å². The predicted molar refractivity (Wildman–Crippen MR) is 338 cm³/mol. The van der Waals surface area contributed by atoms with Gasteiger partial charge in [0.15, 0.2) is 0 Å². The Hall–Kier alpha value is -1.66. The van der Waals surface area contributed by atoms with Crippen LogP contribution < -0.4 is 5.32 Å². The maximum atomic E-state index is 12.5. The lowest BCUT2D eigenvalue weighted by atomic mass is 10.0. The van der Waals surface area contributed by atoms with E-state index < -0.39 is 12.1 Å². The lowest BCUT2D eigenvalue weighted by Crippen LogP contribution is -2.45. The molecule has 1 amide bonds. The molecule has 0 bridgehead atoms. The Kier molecular flexibility index (Phi) is 65.4. The molecule has 0 aliphatic heterocycles. The highest BCUT2D eigenvalue weighted by Crippen LogP contribution is 2.19. The number of hydrogen-bond donors (Lipinski definition) is 3. The van der Waals surface area contributed by atoms with E-state index in [1.807, 2.05) is 0 Å². The second-order valence-corrected chi connectivity index (χ2v) is 24.2. The molecule has 0 aliphatic rings. The summed E-state index contributed by atoms with van der Waals surface area (Å²) in [6.45, 7) is 4.98. The van der Waals surface area contributed by atoms with Crippen molar-refractivity contribution in [1.29, 1.82) is 0 Å². The number of ether oxygens (including phenoxy) is 1. The summed E-state index contributed by atoms with van der Waals surface area (Å²) in [5.41, 5.74) is 0. The molecule has 0 aliphatic carbocycles. The molecule has 456 valence electrons. The number of nitrogens with one attached hydrogen (secondary N) is 1. The minimum Gasteiger partial charge on any atom is -0.466 e. The molecule has 0 aromatic carbocycles. The van der Waals surface area contributed by atoms with E-state index in [0.717, 1.165) is 44.9 Å². The number of unbranched alkanes of at least 4 members (excludes halogenated alkanes) is 51. The summed E-state index contributed by atoms with van der Waals surface area (Å²) in [7, 11) is 0. The van der Waals surface area contributed by atoms with Crippen LogP contribution in [0.3, 0.4) is 0 Å². The molecule has 0 heterocycles. The normalized spacial score (nSPS) is 12.6. The van der Waals surface area contributed by atoms with Crippen molar-refractivity contribution < 1.29 is 24.5 Å². The minimum absolute atomic E-state index is 0.00716. The summed E-state index contributed by atoms with van der Waals surface area (Å²) in [6.07, 6.45) is 83.6. The molecule has 0 spiro atoms. The Morgan fingerprint density at radius 3 is 0.922 bits per heavy atom. The van der Waals surface area contributed by atoms with Crippen LogP contribution >= 0.6 is 0 Å². The van der Waals surface area contributed by atoms with E-state index in [1.165, 1.54) is 315 Å². The molecular weight excluding hydrogens is 947 g/mol. The quantitative estimate of drug-likeness (QED) is 0.0320. The van der Waals surface area contributed by atoms with Gasteiger partial charge in [-0.3, -0.25) is 9.59 Å². The second-order valence-electron chi connectivity index (χ2n) is 24.2. The van der Waals surface area contributed by atoms with E-state index in [2.05, 4.69) is 43.5 Å². The van der Waals surface area contributed by atoms with E-state index in [-0.39, 0.29) is 18.5 Å². The fourth-order valence-corrected chi connectivity index (χ4v) is 11.1. The van der Waals surface area contributed by atoms with E-state index in [9.17, 15) is 19.8 Å². The van der Waals surface area contributed by atoms with Gasteiger partial charge in [-0.05, 0) is 77.0 Å². The molecule has 0 aromatic heterocycles. The van der Waals surface area contributed by atoms with Crippen molar-refractivity contribution in [3.63, 3.8) is 0 Å². The molecule has 2 unspecified atom stereocenters. The highest BCUT2D eigenvalue weighted by atomic mass is 16.5. The van der Waals surface area contributed by atoms with Gasteiger partial charge in [0, 0.05) is 12.8 Å². The molecule has 0 aromatic rings. The monoisotopic (exact) mass is 1080 g/mol. The summed E-state index contributed by atoms with van der Waals surface area (Å²) < 4.78 is 5.49. The lowest BCUT2D eigenvalue weighted by molar-refractivity contribution is -0.143. The van der Waals surface area contributed by atoms with E-state index in [0.29, 0.717) is 25.9 Å². The third kappa shape index (κ3) is 63.4. The van der Waals surface area contributed by atoms with Crippen LogP contribution in [0.2, 0.25) is 0 Å². The maximum Gasteiger partial charge on any atom is 0.305 e. The number of aliphatic hydroxyl groups excluding tert-OH is 2. The summed E-state index contributed by atoms with van der Waals surface area (Å²) in [4.78, 5) is 24.6. The first kappa shape index (κ1) is 75.3. The van der Waals surface area contributed by atoms with Crippen LogP contribution in [0.25, 0.3) is 0 Å². The van der Waals surface area contributed by atoms with Gasteiger partial charge in [0.05, 0.1) is 25.4 Å². The largest absolute Gasteiger partial charge is 0.466 e. The first-order valence-corrected chi connectivity index (χ1v) is 35.1. The van der Waals surface area contributed by atoms with Crippen molar-refractivity contribution in [1.82, 2.24) is 5.32 Å². The summed E-state index contributed by atoms with van der Waals surface area (Å²) in [5.74, 6) is -0.0259. The first-order valence-electron chi connectivity index (χ1n) is 35.1. The molecular formula is C71H137NO5. The molecule has 0 saturated carbocycles. The van der Waals surface area contributed by atoms with Crippen molar-refractivity contribution in [3.8, 4) is 0 Å². The Balaban J connectivity index is 3.39. The van der Waals surface area contributed by atoms with Crippen molar-refractivity contribution in [2.24, 2.45) is 0 Å². The highest BCUT2D eigenvalue weighted by Gasteiger charge is 2.20. The van der Waals surface area contributed by atoms with Crippen molar-refractivity contribution in [2.45, 2.75) is 405 Å². The van der Waals surface area contributed by atoms with Crippen LogP contribution in [0.5, 0.6) is 0 Å². The zero-order chi connectivity index (χ0) is 55.7. The number of allylic oxidation sites excluding steroid dienone is 4. The summed E-state index contributed by atoms with van der Waals surface area (Å²) >= 11 is 0. The molecule has 6 heteroatoms. The number of hydrogen-bond acceptors (Lipinski definition) is 5. The van der Waals surface area contributed by atoms with Crippen LogP contribution in [-0.2, 0) is 14.3 Å². The Morgan fingerprint density at radius 1 is 0.351 bits per heavy atom. The predicted octanol–water partition coefficient (Wildman–Crippen LogP) is 22.5. The standard InChI is InChI=1S/C71H137NO5/c1-3-5-7-9-11-13-15-17-19-20-29-32-36-39-43-47-51-55-59-63-69(74)68(67-73)72-70(75)64-60-56-52-48-44-40-37-33-30-27-25-23-21-22-24-26-28-31-34-38-42-46-50-54-58-62-66-77-71(76)65-61-57-53-49-45-41-35-18-16-14-12-10-8-6-4-2/h18,21,23,35,68-69,73-74H,3-17,19-20,22,24-34,36-67H2,1-2H3,(H,72,75)/b23-21-,35-18-. The van der Waals surface area contributed by atoms with Crippen molar-refractivity contribution in [2.75, 3.05) is 13.2 Å². The second kappa shape index (κ2) is 66.8. The number of esters is 1. The third-order valence-corrected chi connectivity index (χ3v) is 16.5. The summed E-state index contributed by atoms with van der Waals surface area (Å²) in [5, 5.41) is 23.4. The molecule has 0 fully saturated rings. The van der Waals surface area contributed by atoms with Gasteiger partial charge in [-0.15, -0.1) is 0 Å². The number of aliphatic hydroxyl groups is 2. The zero-order valence-corrected chi connectivity index (χ0v) is 52.2. The molecule has 3 N–H and O–H groups in total. The Labute approximate surface area is 481 Å². The number of rotatable bonds is 66. The zero-order valence-electron chi connectivity index (χ0n) is 52.2. The number of carbonyl (C=O) groups is 2. The van der Waals surface area contributed by atoms with Crippen LogP contribution in [-0.4, -0.2) is 47.4 Å². The van der Waals surface area contributed by atoms with E-state index >= 15 is 0 Å². The van der Waals surface area contributed by atoms with Gasteiger partial charge in [-0.25, -0.2) is 0 Å². The number of amides is 1. The molecule has 77 heavy (non-hydrogen) atoms. The average Bonchev–Trinajstić information content (AvgIpc) is 3.43. The van der Waals surface area contributed by atoms with Crippen LogP contribution in [0, 0.1) is 0 Å². The highest BCUT2D eigenvalue weighted by molar-refractivity contribution is 5.76. The Bertz CT molecular complexity index is 1200. The maximum absolute atomic E-state index is 12.5. The molecule has 2 atom stereocenters. The van der Waals surface area contributed by atoms with Gasteiger partial charge in [-0.1, -0.05) is 327 Å². The van der Waals surface area contributed by atoms with Crippen LogP contribution in [0.1, 0.15) is 393 Å². The minimum atomic E-state index is -0.666. The summed E-state index contributed by atoms with van der Waals surface area (Å²) in [6, 6.07) is -0.543. The first-order chi connectivity index (χ1) is 38.0. The van der Waals surface area contributed by atoms with Gasteiger partial charge >= 0.3 is 5.97 Å². The van der Waals surface area contributed by atoms with Gasteiger partial charge in [0.2, 0.25) is 5.91 Å². The molecule has 6 nitrogen and oxygen atoms in total. The average molecular weight is 1080 g/mol. The van der Waals surface area contributed by atoms with Gasteiger partial charge in [-0.2, -0.15) is 0 Å². The van der Waals surface area contributed by atoms with Gasteiger partial charge in [0.25, 0.3) is 0 Å². The van der Waals surface area contributed by atoms with Crippen molar-refractivity contribution in [3.05, 3.63) is 24.3 Å². The third-order valence-electron chi connectivity index (χ3n) is 16.5. The molecule has 0 rings (SSSR count). The molecule has 0 saturated heterocycles. The Morgan fingerprint density at radius 2 is 0.610 bits per heavy atom. The van der Waals surface area contributed by atoms with E-state index in [4.69, 9.17) is 4.74 Å². The smallest absolute Gasteiger partial charge is 0.305 e. The van der Waals surface area contributed by atoms with Gasteiger partial charge in [0.1, 0.15) is 0 Å². The van der Waals surface area contributed by atoms with Gasteiger partial charge < -0.3 is 20.3 Å². The van der Waals surface area contributed by atoms with E-state index in [1.54, 1.807) is 0 Å². The van der Waals surface area contributed by atoms with Crippen molar-refractivity contribution >= 4 is 11.9 Å². The van der Waals surface area contributed by atoms with Crippen LogP contribution in [0.4, 0.5) is 0 Å². The van der Waals surface area contributed by atoms with Crippen LogP contribution in [0.15, 0.2) is 24.3 Å². The number of carbonyl (C=O) groups excluding carboxylic acids is 2. The lowest BCUT2D eigenvalue weighted by Gasteiger charge is -2.22. The molecule has 0 radical (unpaired) electrons. The fraction of sp³-hybridized carbons (Fsp3) is 0.915.